The van der Waals surface area contributed by atoms with Gasteiger partial charge in [-0.1, -0.05) is 24.3 Å². The monoisotopic (exact) mass is 403 g/mol. The van der Waals surface area contributed by atoms with Crippen LogP contribution in [0.25, 0.3) is 10.9 Å². The molecule has 2 aromatic carbocycles. The van der Waals surface area contributed by atoms with Gasteiger partial charge in [-0.25, -0.2) is 4.98 Å². The summed E-state index contributed by atoms with van der Waals surface area (Å²) < 4.78 is 39.1. The number of carbonyl (C=O) groups is 1. The first kappa shape index (κ1) is 20.6. The van der Waals surface area contributed by atoms with E-state index in [2.05, 4.69) is 10.3 Å². The van der Waals surface area contributed by atoms with E-state index in [4.69, 9.17) is 0 Å². The molecule has 0 aliphatic carbocycles. The standard InChI is InChI=1S/C21H20F3N3O2/c1-14-3-2-4-17-19(14)26-13-27(20(17)29)12-10-18(28)25-11-9-15-5-7-16(8-6-15)21(22,23)24/h2-8,13H,9-12H2,1H3,(H,25,28). The van der Waals surface area contributed by atoms with Gasteiger partial charge < -0.3 is 5.32 Å². The zero-order chi connectivity index (χ0) is 21.0. The molecule has 0 spiro atoms. The van der Waals surface area contributed by atoms with Gasteiger partial charge in [0.2, 0.25) is 5.91 Å². The largest absolute Gasteiger partial charge is 0.416 e. The normalized spacial score (nSPS) is 11.6. The SMILES string of the molecule is Cc1cccc2c(=O)n(CCC(=O)NCCc3ccc(C(F)(F)F)cc3)cnc12. The second-order valence-electron chi connectivity index (χ2n) is 6.76. The number of nitrogens with one attached hydrogen (secondary N) is 1. The maximum absolute atomic E-state index is 12.6. The zero-order valence-electron chi connectivity index (χ0n) is 15.8. The van der Waals surface area contributed by atoms with E-state index in [0.717, 1.165) is 17.7 Å². The molecule has 1 amide bonds. The van der Waals surface area contributed by atoms with Gasteiger partial charge in [-0.3, -0.25) is 14.2 Å². The number of rotatable bonds is 6. The van der Waals surface area contributed by atoms with E-state index in [1.54, 1.807) is 12.1 Å². The van der Waals surface area contributed by atoms with Gasteiger partial charge >= 0.3 is 6.18 Å². The highest BCUT2D eigenvalue weighted by atomic mass is 19.4. The summed E-state index contributed by atoms with van der Waals surface area (Å²) in [6.07, 6.45) is -2.40. The van der Waals surface area contributed by atoms with Gasteiger partial charge in [-0.15, -0.1) is 0 Å². The van der Waals surface area contributed by atoms with Crippen LogP contribution >= 0.6 is 0 Å². The maximum atomic E-state index is 12.6. The Morgan fingerprint density at radius 3 is 2.55 bits per heavy atom. The molecule has 5 nitrogen and oxygen atoms in total. The summed E-state index contributed by atoms with van der Waals surface area (Å²) in [5, 5.41) is 3.22. The third kappa shape index (κ3) is 5.01. The molecule has 0 radical (unpaired) electrons. The van der Waals surface area contributed by atoms with E-state index in [9.17, 15) is 22.8 Å². The second-order valence-corrected chi connectivity index (χ2v) is 6.76. The number of para-hydroxylation sites is 1. The van der Waals surface area contributed by atoms with Crippen molar-refractivity contribution in [2.75, 3.05) is 6.54 Å². The smallest absolute Gasteiger partial charge is 0.356 e. The van der Waals surface area contributed by atoms with Crippen LogP contribution in [0.15, 0.2) is 53.6 Å². The summed E-state index contributed by atoms with van der Waals surface area (Å²) in [5.41, 5.74) is 1.36. The van der Waals surface area contributed by atoms with Crippen molar-refractivity contribution in [3.63, 3.8) is 0 Å². The van der Waals surface area contributed by atoms with Crippen LogP contribution in [0.3, 0.4) is 0 Å². The van der Waals surface area contributed by atoms with Gasteiger partial charge in [0, 0.05) is 19.5 Å². The van der Waals surface area contributed by atoms with Gasteiger partial charge in [0.1, 0.15) is 0 Å². The second kappa shape index (κ2) is 8.46. The number of carbonyl (C=O) groups excluding carboxylic acids is 1. The third-order valence-electron chi connectivity index (χ3n) is 4.65. The molecule has 0 atom stereocenters. The Hall–Kier alpha value is -3.16. The molecule has 1 N–H and O–H groups in total. The lowest BCUT2D eigenvalue weighted by atomic mass is 10.1. The van der Waals surface area contributed by atoms with Crippen LogP contribution < -0.4 is 10.9 Å². The first-order valence-electron chi connectivity index (χ1n) is 9.13. The van der Waals surface area contributed by atoms with Crippen LogP contribution in [0.1, 0.15) is 23.1 Å². The van der Waals surface area contributed by atoms with E-state index in [-0.39, 0.29) is 24.4 Å². The Balaban J connectivity index is 1.51. The topological polar surface area (TPSA) is 64.0 Å². The lowest BCUT2D eigenvalue weighted by Crippen LogP contribution is -2.29. The number of hydrogen-bond donors (Lipinski definition) is 1. The van der Waals surface area contributed by atoms with E-state index in [1.165, 1.54) is 23.0 Å². The Labute approximate surface area is 165 Å². The van der Waals surface area contributed by atoms with Crippen molar-refractivity contribution in [2.45, 2.75) is 32.5 Å². The molecule has 0 unspecified atom stereocenters. The number of aryl methyl sites for hydroxylation is 2. The molecule has 3 rings (SSSR count). The van der Waals surface area contributed by atoms with Crippen molar-refractivity contribution in [1.29, 1.82) is 0 Å². The Morgan fingerprint density at radius 1 is 1.14 bits per heavy atom. The number of halogens is 3. The van der Waals surface area contributed by atoms with Crippen molar-refractivity contribution < 1.29 is 18.0 Å². The van der Waals surface area contributed by atoms with Crippen molar-refractivity contribution in [1.82, 2.24) is 14.9 Å². The van der Waals surface area contributed by atoms with Crippen molar-refractivity contribution >= 4 is 16.8 Å². The van der Waals surface area contributed by atoms with Gasteiger partial charge in [-0.2, -0.15) is 13.2 Å². The Bertz CT molecular complexity index is 1070. The number of fused-ring (bicyclic) bond motifs is 1. The highest BCUT2D eigenvalue weighted by Crippen LogP contribution is 2.29. The summed E-state index contributed by atoms with van der Waals surface area (Å²) >= 11 is 0. The highest BCUT2D eigenvalue weighted by molar-refractivity contribution is 5.80. The van der Waals surface area contributed by atoms with E-state index < -0.39 is 11.7 Å². The predicted octanol–water partition coefficient (Wildman–Crippen LogP) is 3.47. The third-order valence-corrected chi connectivity index (χ3v) is 4.65. The van der Waals surface area contributed by atoms with Crippen molar-refractivity contribution in [3.05, 3.63) is 75.8 Å². The fourth-order valence-corrected chi connectivity index (χ4v) is 3.01. The minimum absolute atomic E-state index is 0.103. The van der Waals surface area contributed by atoms with Gasteiger partial charge in [-0.05, 0) is 42.7 Å². The van der Waals surface area contributed by atoms with E-state index in [1.807, 2.05) is 13.0 Å². The molecular formula is C21H20F3N3O2. The molecule has 29 heavy (non-hydrogen) atoms. The zero-order valence-corrected chi connectivity index (χ0v) is 15.8. The average Bonchev–Trinajstić information content (AvgIpc) is 2.68. The number of benzene rings is 2. The number of amides is 1. The van der Waals surface area contributed by atoms with Crippen LogP contribution in [0.4, 0.5) is 13.2 Å². The molecule has 0 fully saturated rings. The molecule has 0 saturated carbocycles. The van der Waals surface area contributed by atoms with Crippen LogP contribution in [-0.4, -0.2) is 22.0 Å². The molecule has 0 bridgehead atoms. The predicted molar refractivity (Wildman–Crippen MR) is 104 cm³/mol. The molecule has 152 valence electrons. The molecule has 1 heterocycles. The Morgan fingerprint density at radius 2 is 1.86 bits per heavy atom. The van der Waals surface area contributed by atoms with Crippen LogP contribution in [0, 0.1) is 6.92 Å². The van der Waals surface area contributed by atoms with Crippen LogP contribution in [-0.2, 0) is 23.9 Å². The summed E-state index contributed by atoms with van der Waals surface area (Å²) in [4.78, 5) is 28.8. The number of alkyl halides is 3. The fourth-order valence-electron chi connectivity index (χ4n) is 3.01. The number of nitrogens with zero attached hydrogens (tertiary/aromatic N) is 2. The quantitative estimate of drug-likeness (QED) is 0.686. The number of hydrogen-bond acceptors (Lipinski definition) is 3. The summed E-state index contributed by atoms with van der Waals surface area (Å²) in [6.45, 7) is 2.37. The minimum Gasteiger partial charge on any atom is -0.356 e. The van der Waals surface area contributed by atoms with Crippen LogP contribution in [0.5, 0.6) is 0 Å². The van der Waals surface area contributed by atoms with Gasteiger partial charge in [0.25, 0.3) is 5.56 Å². The lowest BCUT2D eigenvalue weighted by molar-refractivity contribution is -0.137. The first-order chi connectivity index (χ1) is 13.8. The van der Waals surface area contributed by atoms with Crippen molar-refractivity contribution in [3.8, 4) is 0 Å². The summed E-state index contributed by atoms with van der Waals surface area (Å²) in [5.74, 6) is -0.242. The molecular weight excluding hydrogens is 383 g/mol. The lowest BCUT2D eigenvalue weighted by Gasteiger charge is -2.09. The molecule has 3 aromatic rings. The Kier molecular flexibility index (Phi) is 6.00. The minimum atomic E-state index is -4.36. The van der Waals surface area contributed by atoms with Gasteiger partial charge in [0.15, 0.2) is 0 Å². The van der Waals surface area contributed by atoms with Gasteiger partial charge in [0.05, 0.1) is 22.8 Å². The van der Waals surface area contributed by atoms with Crippen molar-refractivity contribution in [2.24, 2.45) is 0 Å². The summed E-state index contributed by atoms with van der Waals surface area (Å²) in [7, 11) is 0. The molecule has 0 aliphatic rings. The molecule has 1 aromatic heterocycles. The molecule has 8 heteroatoms. The highest BCUT2D eigenvalue weighted by Gasteiger charge is 2.29. The fraction of sp³-hybridized carbons (Fsp3) is 0.286. The summed E-state index contributed by atoms with van der Waals surface area (Å²) in [6, 6.07) is 10.2. The van der Waals surface area contributed by atoms with E-state index in [0.29, 0.717) is 29.4 Å². The number of aromatic nitrogens is 2. The van der Waals surface area contributed by atoms with Crippen LogP contribution in [0.2, 0.25) is 0 Å². The first-order valence-corrected chi connectivity index (χ1v) is 9.13. The van der Waals surface area contributed by atoms with E-state index >= 15 is 0 Å². The average molecular weight is 403 g/mol. The maximum Gasteiger partial charge on any atom is 0.416 e. The molecule has 0 aliphatic heterocycles. The molecule has 0 saturated heterocycles.